The second-order valence-electron chi connectivity index (χ2n) is 6.69. The molecule has 5 heteroatoms. The molecule has 0 bridgehead atoms. The number of aryl methyl sites for hydroxylation is 1. The van der Waals surface area contributed by atoms with Crippen molar-refractivity contribution in [3.05, 3.63) is 35.4 Å². The highest BCUT2D eigenvalue weighted by molar-refractivity contribution is 14.0. The molecule has 3 rings (SSSR count). The lowest BCUT2D eigenvalue weighted by Gasteiger charge is -2.25. The van der Waals surface area contributed by atoms with Gasteiger partial charge in [0.15, 0.2) is 5.96 Å². The molecule has 2 fully saturated rings. The highest BCUT2D eigenvalue weighted by Crippen LogP contribution is 2.38. The Labute approximate surface area is 156 Å². The van der Waals surface area contributed by atoms with Crippen LogP contribution in [0.2, 0.25) is 0 Å². The smallest absolute Gasteiger partial charge is 0.193 e. The number of hydrogen-bond acceptors (Lipinski definition) is 2. The molecule has 1 unspecified atom stereocenters. The van der Waals surface area contributed by atoms with Gasteiger partial charge in [-0.25, -0.2) is 0 Å². The van der Waals surface area contributed by atoms with Crippen LogP contribution in [0.1, 0.15) is 24.0 Å². The number of likely N-dealkylation sites (tertiary alicyclic amines) is 1. The highest BCUT2D eigenvalue weighted by atomic mass is 127. The first kappa shape index (κ1) is 18.5. The summed E-state index contributed by atoms with van der Waals surface area (Å²) in [5, 5.41) is 3.52. The molecule has 0 radical (unpaired) electrons. The van der Waals surface area contributed by atoms with E-state index in [0.717, 1.165) is 45.2 Å². The summed E-state index contributed by atoms with van der Waals surface area (Å²) in [4.78, 5) is 6.86. The minimum Gasteiger partial charge on any atom is -0.381 e. The van der Waals surface area contributed by atoms with Crippen molar-refractivity contribution in [1.82, 2.24) is 10.2 Å². The minimum absolute atomic E-state index is 0. The Morgan fingerprint density at radius 3 is 2.96 bits per heavy atom. The van der Waals surface area contributed by atoms with E-state index in [9.17, 15) is 0 Å². The zero-order valence-electron chi connectivity index (χ0n) is 14.2. The van der Waals surface area contributed by atoms with Crippen LogP contribution in [0.4, 0.5) is 0 Å². The van der Waals surface area contributed by atoms with Crippen molar-refractivity contribution in [3.8, 4) is 0 Å². The van der Waals surface area contributed by atoms with Crippen LogP contribution in [0.25, 0.3) is 0 Å². The Bertz CT molecular complexity index is 541. The van der Waals surface area contributed by atoms with Crippen molar-refractivity contribution in [3.63, 3.8) is 0 Å². The summed E-state index contributed by atoms with van der Waals surface area (Å²) in [6, 6.07) is 8.72. The number of guanidine groups is 1. The minimum atomic E-state index is 0. The molecule has 0 aliphatic carbocycles. The molecule has 1 atom stereocenters. The van der Waals surface area contributed by atoms with Gasteiger partial charge in [-0.3, -0.25) is 4.99 Å². The lowest BCUT2D eigenvalue weighted by atomic mass is 9.87. The number of hydrogen-bond donors (Lipinski definition) is 1. The van der Waals surface area contributed by atoms with Crippen LogP contribution in [0, 0.1) is 12.3 Å². The molecule has 4 nitrogen and oxygen atoms in total. The van der Waals surface area contributed by atoms with Crippen LogP contribution in [0.5, 0.6) is 0 Å². The van der Waals surface area contributed by atoms with Crippen LogP contribution < -0.4 is 5.32 Å². The predicted molar refractivity (Wildman–Crippen MR) is 106 cm³/mol. The van der Waals surface area contributed by atoms with Gasteiger partial charge in [-0.15, -0.1) is 24.0 Å². The number of ether oxygens (including phenoxy) is 1. The van der Waals surface area contributed by atoms with Gasteiger partial charge in [0.2, 0.25) is 0 Å². The third-order valence-corrected chi connectivity index (χ3v) is 4.91. The van der Waals surface area contributed by atoms with Crippen molar-refractivity contribution < 1.29 is 4.74 Å². The van der Waals surface area contributed by atoms with Gasteiger partial charge in [0.25, 0.3) is 0 Å². The SMILES string of the molecule is CN=C(NCCc1cccc(C)c1)N1CCC2(CCOC2)C1.I. The molecule has 0 amide bonds. The molecule has 1 aromatic carbocycles. The monoisotopic (exact) mass is 429 g/mol. The molecule has 2 heterocycles. The number of nitrogens with one attached hydrogen (secondary N) is 1. The number of aliphatic imine (C=N–C) groups is 1. The molecule has 1 aromatic rings. The Hall–Kier alpha value is -0.820. The summed E-state index contributed by atoms with van der Waals surface area (Å²) >= 11 is 0. The Morgan fingerprint density at radius 2 is 2.26 bits per heavy atom. The zero-order valence-corrected chi connectivity index (χ0v) is 16.5. The number of nitrogens with zero attached hydrogens (tertiary/aromatic N) is 2. The van der Waals surface area contributed by atoms with Crippen molar-refractivity contribution in [2.24, 2.45) is 10.4 Å². The van der Waals surface area contributed by atoms with Crippen LogP contribution in [0.15, 0.2) is 29.3 Å². The second kappa shape index (κ2) is 8.33. The third-order valence-electron chi connectivity index (χ3n) is 4.91. The summed E-state index contributed by atoms with van der Waals surface area (Å²) in [7, 11) is 1.88. The van der Waals surface area contributed by atoms with Crippen LogP contribution >= 0.6 is 24.0 Å². The predicted octanol–water partition coefficient (Wildman–Crippen LogP) is 2.84. The van der Waals surface area contributed by atoms with E-state index in [-0.39, 0.29) is 24.0 Å². The zero-order chi connectivity index (χ0) is 15.4. The summed E-state index contributed by atoms with van der Waals surface area (Å²) < 4.78 is 5.61. The van der Waals surface area contributed by atoms with Crippen molar-refractivity contribution >= 4 is 29.9 Å². The van der Waals surface area contributed by atoms with Gasteiger partial charge in [-0.05, 0) is 31.7 Å². The largest absolute Gasteiger partial charge is 0.381 e. The number of benzene rings is 1. The average Bonchev–Trinajstić information content (AvgIpc) is 3.14. The molecule has 128 valence electrons. The highest BCUT2D eigenvalue weighted by Gasteiger charge is 2.42. The van der Waals surface area contributed by atoms with Crippen molar-refractivity contribution in [2.75, 3.05) is 39.9 Å². The lowest BCUT2D eigenvalue weighted by molar-refractivity contribution is 0.156. The van der Waals surface area contributed by atoms with E-state index in [4.69, 9.17) is 4.74 Å². The topological polar surface area (TPSA) is 36.9 Å². The molecular formula is C18H28IN3O. The van der Waals surface area contributed by atoms with E-state index < -0.39 is 0 Å². The molecule has 2 saturated heterocycles. The Balaban J connectivity index is 0.00000192. The van der Waals surface area contributed by atoms with Gasteiger partial charge in [-0.2, -0.15) is 0 Å². The summed E-state index contributed by atoms with van der Waals surface area (Å²) in [6.07, 6.45) is 3.46. The maximum absolute atomic E-state index is 5.61. The summed E-state index contributed by atoms with van der Waals surface area (Å²) in [5.74, 6) is 1.04. The van der Waals surface area contributed by atoms with E-state index in [1.165, 1.54) is 24.0 Å². The van der Waals surface area contributed by atoms with E-state index in [1.807, 2.05) is 7.05 Å². The maximum Gasteiger partial charge on any atom is 0.193 e. The molecule has 0 aromatic heterocycles. The molecule has 2 aliphatic heterocycles. The van der Waals surface area contributed by atoms with Crippen molar-refractivity contribution in [1.29, 1.82) is 0 Å². The number of rotatable bonds is 3. The first-order valence-corrected chi connectivity index (χ1v) is 8.30. The fraction of sp³-hybridized carbons (Fsp3) is 0.611. The molecule has 2 aliphatic rings. The Kier molecular flexibility index (Phi) is 6.71. The normalized spacial score (nSPS) is 24.1. The van der Waals surface area contributed by atoms with Crippen LogP contribution in [-0.2, 0) is 11.2 Å². The van der Waals surface area contributed by atoms with Crippen LogP contribution in [-0.4, -0.2) is 50.8 Å². The maximum atomic E-state index is 5.61. The fourth-order valence-electron chi connectivity index (χ4n) is 3.61. The van der Waals surface area contributed by atoms with Crippen LogP contribution in [0.3, 0.4) is 0 Å². The van der Waals surface area contributed by atoms with E-state index >= 15 is 0 Å². The van der Waals surface area contributed by atoms with Gasteiger partial charge < -0.3 is 15.0 Å². The van der Waals surface area contributed by atoms with Crippen molar-refractivity contribution in [2.45, 2.75) is 26.2 Å². The van der Waals surface area contributed by atoms with E-state index in [0.29, 0.717) is 5.41 Å². The van der Waals surface area contributed by atoms with E-state index in [1.54, 1.807) is 0 Å². The first-order valence-electron chi connectivity index (χ1n) is 8.30. The van der Waals surface area contributed by atoms with Gasteiger partial charge >= 0.3 is 0 Å². The second-order valence-corrected chi connectivity index (χ2v) is 6.69. The molecule has 1 spiro atoms. The Morgan fingerprint density at radius 1 is 1.39 bits per heavy atom. The summed E-state index contributed by atoms with van der Waals surface area (Å²) in [5.41, 5.74) is 3.09. The lowest BCUT2D eigenvalue weighted by Crippen LogP contribution is -2.42. The van der Waals surface area contributed by atoms with Gasteiger partial charge in [0, 0.05) is 38.7 Å². The average molecular weight is 429 g/mol. The first-order chi connectivity index (χ1) is 10.7. The van der Waals surface area contributed by atoms with Gasteiger partial charge in [0.05, 0.1) is 6.61 Å². The summed E-state index contributed by atoms with van der Waals surface area (Å²) in [6.45, 7) is 7.08. The molecule has 23 heavy (non-hydrogen) atoms. The molecule has 1 N–H and O–H groups in total. The van der Waals surface area contributed by atoms with E-state index in [2.05, 4.69) is 46.4 Å². The molecule has 0 saturated carbocycles. The van der Waals surface area contributed by atoms with Gasteiger partial charge in [0.1, 0.15) is 0 Å². The third kappa shape index (κ3) is 4.59. The van der Waals surface area contributed by atoms with Gasteiger partial charge in [-0.1, -0.05) is 29.8 Å². The number of halogens is 1. The fourth-order valence-corrected chi connectivity index (χ4v) is 3.61. The standard InChI is InChI=1S/C18H27N3O.HI/c1-15-4-3-5-16(12-15)6-9-20-17(19-2)21-10-7-18(13-21)8-11-22-14-18;/h3-5,12H,6-11,13-14H2,1-2H3,(H,19,20);1H. The molecular weight excluding hydrogens is 401 g/mol. The quantitative estimate of drug-likeness (QED) is 0.456.